The fraction of sp³-hybridized carbons (Fsp3) is 0. The van der Waals surface area contributed by atoms with Gasteiger partial charge in [-0.3, -0.25) is 9.97 Å². The minimum atomic E-state index is -1.59. The number of benzene rings is 6. The Morgan fingerprint density at radius 2 is 0.718 bits per heavy atom. The Hall–Kier alpha value is -9.24. The molecule has 0 unspecified atom stereocenters. The van der Waals surface area contributed by atoms with Crippen molar-refractivity contribution >= 4 is 65.7 Å². The van der Waals surface area contributed by atoms with E-state index in [-0.39, 0.29) is 27.7 Å². The number of halogens is 8. The quantitative estimate of drug-likeness (QED) is 0.123. The van der Waals surface area contributed by atoms with Crippen LogP contribution in [0.3, 0.4) is 0 Å². The second-order valence-corrected chi connectivity index (χ2v) is 16.8. The molecule has 13 aromatic rings. The van der Waals surface area contributed by atoms with E-state index in [4.69, 9.17) is 9.97 Å². The summed E-state index contributed by atoms with van der Waals surface area (Å²) in [7, 11) is 0. The van der Waals surface area contributed by atoms with E-state index in [9.17, 15) is 0 Å². The summed E-state index contributed by atoms with van der Waals surface area (Å²) in [6.45, 7) is 0. The number of para-hydroxylation sites is 3. The lowest BCUT2D eigenvalue weighted by atomic mass is 10.0. The van der Waals surface area contributed by atoms with Crippen LogP contribution in [0.15, 0.2) is 164 Å². The maximum absolute atomic E-state index is 16.3. The van der Waals surface area contributed by atoms with Gasteiger partial charge in [-0.15, -0.1) is 0 Å². The second kappa shape index (κ2) is 15.6. The molecule has 0 bridgehead atoms. The van der Waals surface area contributed by atoms with E-state index in [1.54, 1.807) is 78.9 Å². The van der Waals surface area contributed by atoms with Gasteiger partial charge in [0.2, 0.25) is 0 Å². The van der Waals surface area contributed by atoms with Gasteiger partial charge >= 0.3 is 0 Å². The van der Waals surface area contributed by atoms with Gasteiger partial charge in [0.25, 0.3) is 0 Å². The third-order valence-corrected chi connectivity index (χ3v) is 13.0. The van der Waals surface area contributed by atoms with E-state index >= 15 is 35.1 Å². The van der Waals surface area contributed by atoms with Crippen LogP contribution < -0.4 is 0 Å². The third-order valence-electron chi connectivity index (χ3n) is 13.0. The molecule has 0 aliphatic rings. The zero-order valence-electron chi connectivity index (χ0n) is 36.2. The highest BCUT2D eigenvalue weighted by Crippen LogP contribution is 2.42. The molecule has 0 aliphatic heterocycles. The molecule has 71 heavy (non-hydrogen) atoms. The van der Waals surface area contributed by atoms with E-state index in [1.807, 2.05) is 41.0 Å². The molecule has 6 aromatic carbocycles. The van der Waals surface area contributed by atoms with E-state index < -0.39 is 69.0 Å². The van der Waals surface area contributed by atoms with Crippen molar-refractivity contribution in [2.24, 2.45) is 0 Å². The average Bonchev–Trinajstić information content (AvgIpc) is 4.03. The predicted molar refractivity (Wildman–Crippen MR) is 257 cm³/mol. The molecule has 15 heteroatoms. The Labute approximate surface area is 394 Å². The molecule has 0 amide bonds. The molecule has 0 saturated heterocycles. The van der Waals surface area contributed by atoms with Crippen LogP contribution in [-0.4, -0.2) is 33.6 Å². The van der Waals surface area contributed by atoms with Gasteiger partial charge in [0, 0.05) is 63.1 Å². The molecule has 0 radical (unpaired) electrons. The number of hydrogen-bond donors (Lipinski definition) is 0. The van der Waals surface area contributed by atoms with Gasteiger partial charge in [-0.1, -0.05) is 66.7 Å². The van der Waals surface area contributed by atoms with Crippen molar-refractivity contribution in [1.82, 2.24) is 33.6 Å². The first-order chi connectivity index (χ1) is 34.6. The van der Waals surface area contributed by atoms with Crippen LogP contribution in [0, 0.1) is 46.5 Å². The van der Waals surface area contributed by atoms with Crippen LogP contribution in [0.1, 0.15) is 0 Å². The Balaban J connectivity index is 0.953. The van der Waals surface area contributed by atoms with E-state index in [2.05, 4.69) is 9.97 Å². The lowest BCUT2D eigenvalue weighted by Gasteiger charge is -2.15. The van der Waals surface area contributed by atoms with Crippen molar-refractivity contribution in [2.45, 2.75) is 0 Å². The lowest BCUT2D eigenvalue weighted by Crippen LogP contribution is -2.09. The summed E-state index contributed by atoms with van der Waals surface area (Å²) in [6.07, 6.45) is 4.99. The molecular weight excluding hydrogens is 923 g/mol. The molecule has 7 nitrogen and oxygen atoms in total. The smallest absolute Gasteiger partial charge is 0.186 e. The largest absolute Gasteiger partial charge is 0.308 e. The van der Waals surface area contributed by atoms with Gasteiger partial charge in [-0.05, 0) is 72.8 Å². The van der Waals surface area contributed by atoms with E-state index in [0.29, 0.717) is 55.3 Å². The molecule has 0 saturated carbocycles. The van der Waals surface area contributed by atoms with Crippen molar-refractivity contribution < 1.29 is 35.1 Å². The molecule has 0 N–H and O–H groups in total. The van der Waals surface area contributed by atoms with Gasteiger partial charge < -0.3 is 13.7 Å². The summed E-state index contributed by atoms with van der Waals surface area (Å²) in [5.41, 5.74) is 0.931. The van der Waals surface area contributed by atoms with Crippen molar-refractivity contribution in [1.29, 1.82) is 0 Å². The average molecular weight is 950 g/mol. The molecular formula is C56H27F8N7. The van der Waals surface area contributed by atoms with Crippen LogP contribution in [0.25, 0.3) is 116 Å². The third kappa shape index (κ3) is 6.01. The van der Waals surface area contributed by atoms with Crippen molar-refractivity contribution in [3.63, 3.8) is 0 Å². The van der Waals surface area contributed by atoms with Crippen LogP contribution in [0.4, 0.5) is 35.1 Å². The number of aromatic nitrogens is 7. The van der Waals surface area contributed by atoms with Gasteiger partial charge in [0.05, 0.1) is 66.6 Å². The molecule has 0 spiro atoms. The fourth-order valence-electron chi connectivity index (χ4n) is 9.96. The molecule has 7 aromatic heterocycles. The number of rotatable bonds is 6. The fourth-order valence-corrected chi connectivity index (χ4v) is 9.96. The van der Waals surface area contributed by atoms with E-state index in [1.165, 1.54) is 41.2 Å². The predicted octanol–water partition coefficient (Wildman–Crippen LogP) is 14.7. The monoisotopic (exact) mass is 949 g/mol. The van der Waals surface area contributed by atoms with Crippen molar-refractivity contribution in [3.05, 3.63) is 211 Å². The Bertz CT molecular complexity index is 4340. The first-order valence-corrected chi connectivity index (χ1v) is 22.0. The number of hydrogen-bond acceptors (Lipinski definition) is 4. The Morgan fingerprint density at radius 1 is 0.324 bits per heavy atom. The van der Waals surface area contributed by atoms with Crippen molar-refractivity contribution in [3.8, 4) is 50.7 Å². The lowest BCUT2D eigenvalue weighted by molar-refractivity contribution is 0.454. The van der Waals surface area contributed by atoms with Gasteiger partial charge in [0.1, 0.15) is 11.4 Å². The molecule has 342 valence electrons. The molecule has 0 atom stereocenters. The number of nitrogens with zero attached hydrogens (tertiary/aromatic N) is 7. The van der Waals surface area contributed by atoms with Crippen molar-refractivity contribution in [2.75, 3.05) is 0 Å². The molecule has 0 fully saturated rings. The highest BCUT2D eigenvalue weighted by atomic mass is 19.2. The SMILES string of the molecule is Fc1c(F)c(-n2c3ccccc3c3cc(-n4c5ccccc5c5nc(-c6ccc7c(n6)c6ccccc6n7-c6c(F)c(F)c(-c7cccnc7)c(F)c6F)ccc54)ccc32)c(F)c(F)c1-c1cccnc1. The van der Waals surface area contributed by atoms with Crippen LogP contribution in [0.2, 0.25) is 0 Å². The first-order valence-electron chi connectivity index (χ1n) is 22.0. The molecule has 7 heterocycles. The summed E-state index contributed by atoms with van der Waals surface area (Å²) in [5, 5.41) is 2.32. The second-order valence-electron chi connectivity index (χ2n) is 16.8. The van der Waals surface area contributed by atoms with E-state index in [0.717, 1.165) is 27.9 Å². The number of fused-ring (bicyclic) bond motifs is 9. The number of pyridine rings is 4. The maximum atomic E-state index is 16.3. The normalized spacial score (nSPS) is 11.9. The highest BCUT2D eigenvalue weighted by Gasteiger charge is 2.32. The minimum Gasteiger partial charge on any atom is -0.308 e. The summed E-state index contributed by atoms with van der Waals surface area (Å²) >= 11 is 0. The van der Waals surface area contributed by atoms with Crippen LogP contribution >= 0.6 is 0 Å². The zero-order valence-corrected chi connectivity index (χ0v) is 36.2. The maximum Gasteiger partial charge on any atom is 0.186 e. The summed E-state index contributed by atoms with van der Waals surface area (Å²) in [5.74, 6) is -12.6. The Morgan fingerprint density at radius 3 is 1.20 bits per heavy atom. The van der Waals surface area contributed by atoms with Gasteiger partial charge in [-0.25, -0.2) is 45.1 Å². The zero-order chi connectivity index (χ0) is 48.4. The molecule has 13 rings (SSSR count). The topological polar surface area (TPSA) is 66.3 Å². The first kappa shape index (κ1) is 41.9. The van der Waals surface area contributed by atoms with Crippen LogP contribution in [0.5, 0.6) is 0 Å². The van der Waals surface area contributed by atoms with Gasteiger partial charge in [0.15, 0.2) is 46.5 Å². The minimum absolute atomic E-state index is 0.124. The summed E-state index contributed by atoms with van der Waals surface area (Å²) in [4.78, 5) is 17.7. The summed E-state index contributed by atoms with van der Waals surface area (Å²) in [6, 6.07) is 38.4. The summed E-state index contributed by atoms with van der Waals surface area (Å²) < 4.78 is 133. The Kier molecular flexibility index (Phi) is 9.24. The highest BCUT2D eigenvalue weighted by molar-refractivity contribution is 6.12. The van der Waals surface area contributed by atoms with Crippen LogP contribution in [-0.2, 0) is 0 Å². The molecule has 0 aliphatic carbocycles. The van der Waals surface area contributed by atoms with Gasteiger partial charge in [-0.2, -0.15) is 0 Å². The standard InChI is InChI=1S/C56H27F8N7/c57-45-43(28-9-7-23-65-26-28)46(58)50(62)55(49(45)61)70-37-14-4-1-11-31(37)34-25-30(17-20-40(34)70)69-38-15-5-2-12-32(38)53-41(69)21-18-35(67-53)36-19-22-42-54(68-36)33-13-3-6-16-39(33)71(42)56-51(63)47(59)44(48(60)52(56)64)29-10-8-24-66-27-29/h1-27H.